The Labute approximate surface area is 71.2 Å². The maximum Gasteiger partial charge on any atom is 0.123 e. The lowest BCUT2D eigenvalue weighted by molar-refractivity contribution is 0.341. The molecule has 66 valence electrons. The first kappa shape index (κ1) is 9.17. The van der Waals surface area contributed by atoms with Crippen molar-refractivity contribution in [3.63, 3.8) is 0 Å². The van der Waals surface area contributed by atoms with Gasteiger partial charge in [0.1, 0.15) is 5.82 Å². The summed E-state index contributed by atoms with van der Waals surface area (Å²) >= 11 is 0. The minimum Gasteiger partial charge on any atom is -0.248 e. The summed E-state index contributed by atoms with van der Waals surface area (Å²) in [7, 11) is 0. The first-order chi connectivity index (χ1) is 5.68. The van der Waals surface area contributed by atoms with Crippen LogP contribution in [0.1, 0.15) is 18.9 Å². The number of alkyl halides is 1. The third-order valence-electron chi connectivity index (χ3n) is 1.72. The molecule has 1 rings (SSSR count). The van der Waals surface area contributed by atoms with Crippen LogP contribution in [-0.2, 0) is 6.42 Å². The summed E-state index contributed by atoms with van der Waals surface area (Å²) in [4.78, 5) is 0. The van der Waals surface area contributed by atoms with E-state index >= 15 is 0 Å². The molecule has 0 radical (unpaired) electrons. The summed E-state index contributed by atoms with van der Waals surface area (Å²) in [5, 5.41) is 0. The smallest absolute Gasteiger partial charge is 0.123 e. The summed E-state index contributed by atoms with van der Waals surface area (Å²) in [5.74, 6) is -0.251. The van der Waals surface area contributed by atoms with Crippen molar-refractivity contribution in [2.24, 2.45) is 0 Å². The van der Waals surface area contributed by atoms with Crippen molar-refractivity contribution in [2.45, 2.75) is 25.9 Å². The lowest BCUT2D eigenvalue weighted by Gasteiger charge is -2.01. The Hall–Kier alpha value is -0.920. The molecule has 0 N–H and O–H groups in total. The second kappa shape index (κ2) is 4.19. The summed E-state index contributed by atoms with van der Waals surface area (Å²) in [5.41, 5.74) is 0.861. The number of hydrogen-bond donors (Lipinski definition) is 0. The van der Waals surface area contributed by atoms with Gasteiger partial charge in [-0.2, -0.15) is 0 Å². The summed E-state index contributed by atoms with van der Waals surface area (Å²) in [6, 6.07) is 6.30. The predicted molar refractivity (Wildman–Crippen MR) is 45.3 cm³/mol. The molecule has 0 aromatic heterocycles. The van der Waals surface area contributed by atoms with Crippen LogP contribution in [0.2, 0.25) is 0 Å². The molecule has 1 unspecified atom stereocenters. The van der Waals surface area contributed by atoms with Gasteiger partial charge in [-0.3, -0.25) is 0 Å². The fourth-order valence-electron chi connectivity index (χ4n) is 1.06. The summed E-state index contributed by atoms with van der Waals surface area (Å²) in [6.07, 6.45) is 0.257. The third kappa shape index (κ3) is 2.99. The van der Waals surface area contributed by atoms with Crippen LogP contribution in [0.4, 0.5) is 8.78 Å². The average molecular weight is 170 g/mol. The zero-order valence-electron chi connectivity index (χ0n) is 7.06. The minimum absolute atomic E-state index is 0.251. The van der Waals surface area contributed by atoms with Crippen LogP contribution in [0.5, 0.6) is 0 Å². The molecular weight excluding hydrogens is 158 g/mol. The highest BCUT2D eigenvalue weighted by atomic mass is 19.1. The molecule has 0 aliphatic carbocycles. The Bertz CT molecular complexity index is 243. The van der Waals surface area contributed by atoms with Gasteiger partial charge < -0.3 is 0 Å². The van der Waals surface area contributed by atoms with Crippen LogP contribution in [0, 0.1) is 5.82 Å². The van der Waals surface area contributed by atoms with Crippen LogP contribution in [0.15, 0.2) is 24.3 Å². The zero-order chi connectivity index (χ0) is 8.97. The number of aryl methyl sites for hydroxylation is 1. The SMILES string of the molecule is CC(F)CCc1cccc(F)c1. The van der Waals surface area contributed by atoms with Gasteiger partial charge in [0.25, 0.3) is 0 Å². The molecule has 0 heterocycles. The van der Waals surface area contributed by atoms with Crippen LogP contribution < -0.4 is 0 Å². The van der Waals surface area contributed by atoms with Crippen LogP contribution in [0.25, 0.3) is 0 Å². The molecule has 2 heteroatoms. The molecule has 0 nitrogen and oxygen atoms in total. The van der Waals surface area contributed by atoms with Crippen molar-refractivity contribution >= 4 is 0 Å². The van der Waals surface area contributed by atoms with Crippen molar-refractivity contribution < 1.29 is 8.78 Å². The van der Waals surface area contributed by atoms with Gasteiger partial charge in [-0.05, 0) is 37.5 Å². The Kier molecular flexibility index (Phi) is 3.20. The van der Waals surface area contributed by atoms with Crippen molar-refractivity contribution in [1.82, 2.24) is 0 Å². The number of benzene rings is 1. The van der Waals surface area contributed by atoms with Gasteiger partial charge in [0.05, 0.1) is 6.17 Å². The third-order valence-corrected chi connectivity index (χ3v) is 1.72. The maximum atomic E-state index is 12.6. The van der Waals surface area contributed by atoms with E-state index < -0.39 is 6.17 Å². The fourth-order valence-corrected chi connectivity index (χ4v) is 1.06. The second-order valence-electron chi connectivity index (χ2n) is 2.95. The quantitative estimate of drug-likeness (QED) is 0.653. The van der Waals surface area contributed by atoms with Gasteiger partial charge >= 0.3 is 0 Å². The molecule has 0 bridgehead atoms. The molecule has 0 aliphatic rings. The van der Waals surface area contributed by atoms with Crippen LogP contribution in [0.3, 0.4) is 0 Å². The van der Waals surface area contributed by atoms with Crippen molar-refractivity contribution in [2.75, 3.05) is 0 Å². The average Bonchev–Trinajstić information content (AvgIpc) is 2.01. The van der Waals surface area contributed by atoms with Gasteiger partial charge in [0.2, 0.25) is 0 Å². The Morgan fingerprint density at radius 3 is 2.75 bits per heavy atom. The Morgan fingerprint density at radius 1 is 1.42 bits per heavy atom. The van der Waals surface area contributed by atoms with Crippen LogP contribution >= 0.6 is 0 Å². The van der Waals surface area contributed by atoms with E-state index in [0.29, 0.717) is 12.8 Å². The summed E-state index contributed by atoms with van der Waals surface area (Å²) in [6.45, 7) is 1.51. The highest BCUT2D eigenvalue weighted by Crippen LogP contribution is 2.08. The highest BCUT2D eigenvalue weighted by molar-refractivity contribution is 5.16. The monoisotopic (exact) mass is 170 g/mol. The molecule has 0 spiro atoms. The molecular formula is C10H12F2. The molecule has 0 saturated carbocycles. The molecule has 0 saturated heterocycles. The normalized spacial score (nSPS) is 12.9. The zero-order valence-corrected chi connectivity index (χ0v) is 7.06. The van der Waals surface area contributed by atoms with Gasteiger partial charge in [-0.15, -0.1) is 0 Å². The van der Waals surface area contributed by atoms with E-state index in [1.165, 1.54) is 19.1 Å². The van der Waals surface area contributed by atoms with Gasteiger partial charge in [0.15, 0.2) is 0 Å². The van der Waals surface area contributed by atoms with Crippen molar-refractivity contribution in [3.05, 3.63) is 35.6 Å². The Morgan fingerprint density at radius 2 is 2.17 bits per heavy atom. The lowest BCUT2D eigenvalue weighted by atomic mass is 10.1. The molecule has 0 aliphatic heterocycles. The standard InChI is InChI=1S/C10H12F2/c1-8(11)5-6-9-3-2-4-10(12)7-9/h2-4,7-8H,5-6H2,1H3. The maximum absolute atomic E-state index is 12.6. The fraction of sp³-hybridized carbons (Fsp3) is 0.400. The van der Waals surface area contributed by atoms with Gasteiger partial charge in [-0.1, -0.05) is 12.1 Å². The molecule has 12 heavy (non-hydrogen) atoms. The number of hydrogen-bond acceptors (Lipinski definition) is 0. The van der Waals surface area contributed by atoms with E-state index in [1.54, 1.807) is 6.07 Å². The van der Waals surface area contributed by atoms with E-state index in [1.807, 2.05) is 6.07 Å². The molecule has 1 aromatic carbocycles. The Balaban J connectivity index is 2.52. The molecule has 1 atom stereocenters. The van der Waals surface area contributed by atoms with E-state index in [2.05, 4.69) is 0 Å². The first-order valence-electron chi connectivity index (χ1n) is 4.07. The van der Waals surface area contributed by atoms with Crippen molar-refractivity contribution in [3.8, 4) is 0 Å². The van der Waals surface area contributed by atoms with E-state index in [-0.39, 0.29) is 5.82 Å². The number of rotatable bonds is 3. The van der Waals surface area contributed by atoms with E-state index in [9.17, 15) is 8.78 Å². The van der Waals surface area contributed by atoms with Crippen molar-refractivity contribution in [1.29, 1.82) is 0 Å². The van der Waals surface area contributed by atoms with Gasteiger partial charge in [-0.25, -0.2) is 8.78 Å². The van der Waals surface area contributed by atoms with E-state index in [0.717, 1.165) is 5.56 Å². The van der Waals surface area contributed by atoms with Crippen LogP contribution in [-0.4, -0.2) is 6.17 Å². The predicted octanol–water partition coefficient (Wildman–Crippen LogP) is 3.12. The highest BCUT2D eigenvalue weighted by Gasteiger charge is 1.99. The van der Waals surface area contributed by atoms with E-state index in [4.69, 9.17) is 0 Å². The largest absolute Gasteiger partial charge is 0.248 e. The first-order valence-corrected chi connectivity index (χ1v) is 4.07. The minimum atomic E-state index is -0.812. The summed E-state index contributed by atoms with van der Waals surface area (Å²) < 4.78 is 25.0. The molecule has 0 amide bonds. The topological polar surface area (TPSA) is 0 Å². The second-order valence-corrected chi connectivity index (χ2v) is 2.95. The van der Waals surface area contributed by atoms with Gasteiger partial charge in [0, 0.05) is 0 Å². The number of halogens is 2. The lowest BCUT2D eigenvalue weighted by Crippen LogP contribution is -1.95. The molecule has 0 fully saturated rings. The molecule has 1 aromatic rings.